The summed E-state index contributed by atoms with van der Waals surface area (Å²) in [6, 6.07) is 7.21. The third-order valence-electron chi connectivity index (χ3n) is 3.20. The Kier molecular flexibility index (Phi) is 3.47. The van der Waals surface area contributed by atoms with Crippen LogP contribution in [0.5, 0.6) is 0 Å². The van der Waals surface area contributed by atoms with Crippen molar-refractivity contribution < 1.29 is 9.59 Å². The van der Waals surface area contributed by atoms with E-state index in [0.717, 1.165) is 4.88 Å². The van der Waals surface area contributed by atoms with Crippen LogP contribution in [-0.2, 0) is 4.79 Å². The predicted octanol–water partition coefficient (Wildman–Crippen LogP) is 1.85. The quantitative estimate of drug-likeness (QED) is 0.937. The highest BCUT2D eigenvalue weighted by atomic mass is 32.1. The molecule has 1 N–H and O–H groups in total. The molecule has 1 fully saturated rings. The van der Waals surface area contributed by atoms with Gasteiger partial charge in [0.25, 0.3) is 5.91 Å². The summed E-state index contributed by atoms with van der Waals surface area (Å²) in [7, 11) is 0. The average molecular weight is 287 g/mol. The van der Waals surface area contributed by atoms with Crippen molar-refractivity contribution in [3.63, 3.8) is 0 Å². The Labute approximate surface area is 120 Å². The van der Waals surface area contributed by atoms with Crippen LogP contribution in [0.1, 0.15) is 9.67 Å². The number of carbonyl (C=O) groups is 2. The molecule has 102 valence electrons. The molecule has 0 atom stereocenters. The van der Waals surface area contributed by atoms with Gasteiger partial charge < -0.3 is 10.2 Å². The lowest BCUT2D eigenvalue weighted by Crippen LogP contribution is -2.54. The highest BCUT2D eigenvalue weighted by Gasteiger charge is 2.36. The van der Waals surface area contributed by atoms with Crippen LogP contribution < -0.4 is 5.32 Å². The Morgan fingerprint density at radius 2 is 2.15 bits per heavy atom. The minimum absolute atomic E-state index is 0.00503. The molecule has 0 aromatic carbocycles. The minimum Gasteiger partial charge on any atom is -0.336 e. The number of amides is 2. The van der Waals surface area contributed by atoms with E-state index < -0.39 is 0 Å². The van der Waals surface area contributed by atoms with Gasteiger partial charge in [-0.1, -0.05) is 6.07 Å². The minimum atomic E-state index is -0.140. The van der Waals surface area contributed by atoms with E-state index in [4.69, 9.17) is 0 Å². The molecule has 2 aromatic rings. The van der Waals surface area contributed by atoms with Gasteiger partial charge in [0.1, 0.15) is 0 Å². The molecule has 0 unspecified atom stereocenters. The first kappa shape index (κ1) is 12.8. The van der Waals surface area contributed by atoms with E-state index in [-0.39, 0.29) is 17.7 Å². The van der Waals surface area contributed by atoms with Gasteiger partial charge in [0.2, 0.25) is 5.91 Å². The summed E-state index contributed by atoms with van der Waals surface area (Å²) in [4.78, 5) is 30.3. The van der Waals surface area contributed by atoms with Crippen molar-refractivity contribution in [2.45, 2.75) is 0 Å². The monoisotopic (exact) mass is 287 g/mol. The number of hydrogen-bond acceptors (Lipinski definition) is 4. The second-order valence-electron chi connectivity index (χ2n) is 4.62. The normalized spacial score (nSPS) is 14.7. The first-order valence-electron chi connectivity index (χ1n) is 6.28. The van der Waals surface area contributed by atoms with Crippen molar-refractivity contribution in [2.75, 3.05) is 18.4 Å². The fraction of sp³-hybridized carbons (Fsp3) is 0.214. The zero-order valence-corrected chi connectivity index (χ0v) is 11.5. The Morgan fingerprint density at radius 1 is 1.30 bits per heavy atom. The summed E-state index contributed by atoms with van der Waals surface area (Å²) in [6.07, 6.45) is 3.26. The van der Waals surface area contributed by atoms with E-state index in [1.807, 2.05) is 11.4 Å². The number of nitrogens with zero attached hydrogens (tertiary/aromatic N) is 2. The first-order chi connectivity index (χ1) is 9.74. The maximum Gasteiger partial charge on any atom is 0.263 e. The smallest absolute Gasteiger partial charge is 0.263 e. The molecule has 2 aromatic heterocycles. The van der Waals surface area contributed by atoms with Crippen LogP contribution in [-0.4, -0.2) is 34.8 Å². The second kappa shape index (κ2) is 5.42. The summed E-state index contributed by atoms with van der Waals surface area (Å²) in [5.74, 6) is -0.197. The van der Waals surface area contributed by atoms with Gasteiger partial charge in [-0.2, -0.15) is 0 Å². The first-order valence-corrected chi connectivity index (χ1v) is 7.15. The number of nitrogens with one attached hydrogen (secondary N) is 1. The maximum atomic E-state index is 12.0. The van der Waals surface area contributed by atoms with E-state index in [0.29, 0.717) is 18.8 Å². The van der Waals surface area contributed by atoms with Crippen molar-refractivity contribution in [3.05, 3.63) is 46.9 Å². The summed E-state index contributed by atoms with van der Waals surface area (Å²) in [6.45, 7) is 0.950. The number of likely N-dealkylation sites (tertiary alicyclic amines) is 1. The number of hydrogen-bond donors (Lipinski definition) is 1. The van der Waals surface area contributed by atoms with Gasteiger partial charge in [0.05, 0.1) is 22.7 Å². The van der Waals surface area contributed by atoms with Crippen LogP contribution in [0, 0.1) is 5.92 Å². The molecule has 2 amide bonds. The lowest BCUT2D eigenvalue weighted by atomic mass is 9.99. The summed E-state index contributed by atoms with van der Waals surface area (Å²) < 4.78 is 0. The fourth-order valence-corrected chi connectivity index (χ4v) is 2.74. The van der Waals surface area contributed by atoms with Crippen molar-refractivity contribution in [2.24, 2.45) is 5.92 Å². The molecule has 1 aliphatic rings. The molecule has 1 aliphatic heterocycles. The standard InChI is InChI=1S/C14H13N3O2S/c18-13(16-11-3-1-5-15-7-11)10-8-17(9-10)14(19)12-4-2-6-20-12/h1-7,10H,8-9H2,(H,16,18). The molecule has 3 rings (SSSR count). The van der Waals surface area contributed by atoms with Gasteiger partial charge in [-0.15, -0.1) is 11.3 Å². The predicted molar refractivity (Wildman–Crippen MR) is 76.6 cm³/mol. The summed E-state index contributed by atoms with van der Waals surface area (Å²) >= 11 is 1.42. The van der Waals surface area contributed by atoms with Crippen molar-refractivity contribution in [3.8, 4) is 0 Å². The van der Waals surface area contributed by atoms with Gasteiger partial charge in [0.15, 0.2) is 0 Å². The maximum absolute atomic E-state index is 12.0. The Balaban J connectivity index is 1.53. The van der Waals surface area contributed by atoms with Crippen LogP contribution in [0.4, 0.5) is 5.69 Å². The highest BCUT2D eigenvalue weighted by molar-refractivity contribution is 7.12. The Bertz CT molecular complexity index is 607. The van der Waals surface area contributed by atoms with Gasteiger partial charge in [-0.25, -0.2) is 0 Å². The molecule has 0 aliphatic carbocycles. The number of pyridine rings is 1. The molecule has 0 saturated carbocycles. The van der Waals surface area contributed by atoms with Gasteiger partial charge >= 0.3 is 0 Å². The lowest BCUT2D eigenvalue weighted by Gasteiger charge is -2.37. The topological polar surface area (TPSA) is 62.3 Å². The summed E-state index contributed by atoms with van der Waals surface area (Å²) in [5, 5.41) is 4.68. The van der Waals surface area contributed by atoms with E-state index in [1.54, 1.807) is 35.5 Å². The number of carbonyl (C=O) groups excluding carboxylic acids is 2. The number of rotatable bonds is 3. The molecule has 0 radical (unpaired) electrons. The Hall–Kier alpha value is -2.21. The van der Waals surface area contributed by atoms with Crippen molar-refractivity contribution >= 4 is 28.8 Å². The molecule has 20 heavy (non-hydrogen) atoms. The van der Waals surface area contributed by atoms with Gasteiger partial charge in [-0.05, 0) is 23.6 Å². The van der Waals surface area contributed by atoms with Crippen LogP contribution in [0.25, 0.3) is 0 Å². The number of thiophene rings is 1. The largest absolute Gasteiger partial charge is 0.336 e. The molecule has 6 heteroatoms. The van der Waals surface area contributed by atoms with Crippen LogP contribution >= 0.6 is 11.3 Å². The molecule has 0 spiro atoms. The third kappa shape index (κ3) is 2.55. The third-order valence-corrected chi connectivity index (χ3v) is 4.06. The molecule has 5 nitrogen and oxygen atoms in total. The van der Waals surface area contributed by atoms with Gasteiger partial charge in [-0.3, -0.25) is 14.6 Å². The van der Waals surface area contributed by atoms with Crippen LogP contribution in [0.3, 0.4) is 0 Å². The molecular formula is C14H13N3O2S. The van der Waals surface area contributed by atoms with E-state index >= 15 is 0 Å². The van der Waals surface area contributed by atoms with E-state index in [9.17, 15) is 9.59 Å². The highest BCUT2D eigenvalue weighted by Crippen LogP contribution is 2.22. The van der Waals surface area contributed by atoms with Crippen molar-refractivity contribution in [1.82, 2.24) is 9.88 Å². The summed E-state index contributed by atoms with van der Waals surface area (Å²) in [5.41, 5.74) is 0.681. The average Bonchev–Trinajstić information content (AvgIpc) is 2.91. The van der Waals surface area contributed by atoms with Crippen LogP contribution in [0.15, 0.2) is 42.0 Å². The zero-order valence-electron chi connectivity index (χ0n) is 10.7. The molecule has 3 heterocycles. The molecular weight excluding hydrogens is 274 g/mol. The van der Waals surface area contributed by atoms with Crippen LogP contribution in [0.2, 0.25) is 0 Å². The second-order valence-corrected chi connectivity index (χ2v) is 5.56. The van der Waals surface area contributed by atoms with E-state index in [2.05, 4.69) is 10.3 Å². The number of anilines is 1. The fourth-order valence-electron chi connectivity index (χ4n) is 2.05. The Morgan fingerprint density at radius 3 is 2.80 bits per heavy atom. The zero-order chi connectivity index (χ0) is 13.9. The van der Waals surface area contributed by atoms with Gasteiger partial charge in [0, 0.05) is 19.3 Å². The SMILES string of the molecule is O=C(Nc1cccnc1)C1CN(C(=O)c2cccs2)C1. The molecule has 1 saturated heterocycles. The number of aromatic nitrogens is 1. The van der Waals surface area contributed by atoms with E-state index in [1.165, 1.54) is 11.3 Å². The lowest BCUT2D eigenvalue weighted by molar-refractivity contribution is -0.123. The van der Waals surface area contributed by atoms with Crippen molar-refractivity contribution in [1.29, 1.82) is 0 Å². The molecule has 0 bridgehead atoms.